The minimum absolute atomic E-state index is 0.233. The molecule has 0 fully saturated rings. The van der Waals surface area contributed by atoms with Crippen molar-refractivity contribution in [2.75, 3.05) is 13.6 Å². The van der Waals surface area contributed by atoms with E-state index in [9.17, 15) is 9.59 Å². The lowest BCUT2D eigenvalue weighted by Gasteiger charge is -2.15. The molecule has 3 nitrogen and oxygen atoms in total. The fourth-order valence-corrected chi connectivity index (χ4v) is 2.41. The highest BCUT2D eigenvalue weighted by atomic mass is 16.2. The molecule has 0 spiro atoms. The summed E-state index contributed by atoms with van der Waals surface area (Å²) in [5.74, 6) is 0.925. The lowest BCUT2D eigenvalue weighted by molar-refractivity contribution is -0.130. The van der Waals surface area contributed by atoms with E-state index in [1.807, 2.05) is 18.9 Å². The molecule has 0 aliphatic carbocycles. The van der Waals surface area contributed by atoms with Crippen molar-refractivity contribution in [3.05, 3.63) is 0 Å². The molecule has 0 N–H and O–H groups in total. The van der Waals surface area contributed by atoms with Crippen molar-refractivity contribution in [3.8, 4) is 0 Å². The summed E-state index contributed by atoms with van der Waals surface area (Å²) in [5.41, 5.74) is 0. The van der Waals surface area contributed by atoms with Gasteiger partial charge >= 0.3 is 0 Å². The van der Waals surface area contributed by atoms with Gasteiger partial charge in [-0.15, -0.1) is 0 Å². The third-order valence-corrected chi connectivity index (χ3v) is 4.21. The molecule has 0 saturated heterocycles. The van der Waals surface area contributed by atoms with E-state index in [4.69, 9.17) is 0 Å². The van der Waals surface area contributed by atoms with Gasteiger partial charge in [-0.3, -0.25) is 9.59 Å². The standard InChI is InChI=1S/C18H35NO2/c1-5-15-19(4)18(21)14-12-10-8-7-9-11-13-17(20)16(3)6-2/h16H,5-15H2,1-4H3. The van der Waals surface area contributed by atoms with E-state index < -0.39 is 0 Å². The summed E-state index contributed by atoms with van der Waals surface area (Å²) in [4.78, 5) is 25.2. The molecule has 0 bridgehead atoms. The maximum atomic E-state index is 11.7. The molecule has 124 valence electrons. The predicted molar refractivity (Wildman–Crippen MR) is 89.3 cm³/mol. The van der Waals surface area contributed by atoms with Crippen LogP contribution in [0.1, 0.15) is 85.0 Å². The van der Waals surface area contributed by atoms with E-state index in [-0.39, 0.29) is 11.8 Å². The van der Waals surface area contributed by atoms with Crippen LogP contribution in [0.2, 0.25) is 0 Å². The second kappa shape index (κ2) is 12.8. The van der Waals surface area contributed by atoms with Gasteiger partial charge in [0.1, 0.15) is 5.78 Å². The molecule has 1 unspecified atom stereocenters. The monoisotopic (exact) mass is 297 g/mol. The average Bonchev–Trinajstić information content (AvgIpc) is 2.48. The first-order valence-corrected chi connectivity index (χ1v) is 8.79. The lowest BCUT2D eigenvalue weighted by atomic mass is 9.98. The largest absolute Gasteiger partial charge is 0.346 e. The molecule has 21 heavy (non-hydrogen) atoms. The van der Waals surface area contributed by atoms with Crippen LogP contribution >= 0.6 is 0 Å². The SMILES string of the molecule is CCCN(C)C(=O)CCCCCCCCC(=O)C(C)CC. The number of hydrogen-bond acceptors (Lipinski definition) is 2. The molecule has 0 saturated carbocycles. The van der Waals surface area contributed by atoms with Crippen LogP contribution in [0, 0.1) is 5.92 Å². The number of Topliss-reactive ketones (excluding diaryl/α,β-unsaturated/α-hetero) is 1. The third-order valence-electron chi connectivity index (χ3n) is 4.21. The fourth-order valence-electron chi connectivity index (χ4n) is 2.41. The Morgan fingerprint density at radius 1 is 0.905 bits per heavy atom. The van der Waals surface area contributed by atoms with E-state index >= 15 is 0 Å². The van der Waals surface area contributed by atoms with Gasteiger partial charge in [0.25, 0.3) is 0 Å². The Bertz CT molecular complexity index is 289. The smallest absolute Gasteiger partial charge is 0.222 e. The van der Waals surface area contributed by atoms with E-state index in [0.717, 1.165) is 51.5 Å². The van der Waals surface area contributed by atoms with E-state index in [1.54, 1.807) is 0 Å². The molecule has 0 heterocycles. The Kier molecular flexibility index (Phi) is 12.3. The van der Waals surface area contributed by atoms with Crippen LogP contribution < -0.4 is 0 Å². The number of ketones is 1. The van der Waals surface area contributed by atoms with E-state index in [1.165, 1.54) is 12.8 Å². The Morgan fingerprint density at radius 2 is 1.43 bits per heavy atom. The summed E-state index contributed by atoms with van der Waals surface area (Å²) >= 11 is 0. The van der Waals surface area contributed by atoms with Crippen LogP contribution in [-0.2, 0) is 9.59 Å². The maximum Gasteiger partial charge on any atom is 0.222 e. The minimum Gasteiger partial charge on any atom is -0.346 e. The van der Waals surface area contributed by atoms with Crippen molar-refractivity contribution in [2.24, 2.45) is 5.92 Å². The van der Waals surface area contributed by atoms with Crippen LogP contribution in [0.3, 0.4) is 0 Å². The molecule has 0 aliphatic heterocycles. The molecule has 0 aliphatic rings. The molecular formula is C18H35NO2. The van der Waals surface area contributed by atoms with Crippen molar-refractivity contribution < 1.29 is 9.59 Å². The minimum atomic E-state index is 0.233. The maximum absolute atomic E-state index is 11.7. The van der Waals surface area contributed by atoms with Crippen molar-refractivity contribution >= 4 is 11.7 Å². The summed E-state index contributed by atoms with van der Waals surface area (Å²) in [6, 6.07) is 0. The second-order valence-corrected chi connectivity index (χ2v) is 6.21. The van der Waals surface area contributed by atoms with Crippen LogP contribution in [-0.4, -0.2) is 30.2 Å². The zero-order valence-corrected chi connectivity index (χ0v) is 14.6. The third kappa shape index (κ3) is 10.5. The van der Waals surface area contributed by atoms with E-state index in [0.29, 0.717) is 12.2 Å². The number of rotatable bonds is 13. The van der Waals surface area contributed by atoms with Gasteiger partial charge in [0.05, 0.1) is 0 Å². The highest BCUT2D eigenvalue weighted by Gasteiger charge is 2.09. The summed E-state index contributed by atoms with van der Waals surface area (Å²) in [6.45, 7) is 7.05. The molecule has 0 aromatic carbocycles. The zero-order chi connectivity index (χ0) is 16.1. The number of hydrogen-bond donors (Lipinski definition) is 0. The highest BCUT2D eigenvalue weighted by molar-refractivity contribution is 5.80. The first-order chi connectivity index (χ1) is 10.0. The molecule has 0 aromatic rings. The van der Waals surface area contributed by atoms with Crippen molar-refractivity contribution in [3.63, 3.8) is 0 Å². The molecule has 0 rings (SSSR count). The van der Waals surface area contributed by atoms with Crippen LogP contribution in [0.5, 0.6) is 0 Å². The number of nitrogens with zero attached hydrogens (tertiary/aromatic N) is 1. The second-order valence-electron chi connectivity index (χ2n) is 6.21. The lowest BCUT2D eigenvalue weighted by Crippen LogP contribution is -2.26. The van der Waals surface area contributed by atoms with Crippen LogP contribution in [0.25, 0.3) is 0 Å². The van der Waals surface area contributed by atoms with Gasteiger partial charge in [0.2, 0.25) is 5.91 Å². The first-order valence-electron chi connectivity index (χ1n) is 8.79. The summed E-state index contributed by atoms with van der Waals surface area (Å²) < 4.78 is 0. The van der Waals surface area contributed by atoms with Crippen molar-refractivity contribution in [1.29, 1.82) is 0 Å². The normalized spacial score (nSPS) is 12.2. The first kappa shape index (κ1) is 20.1. The Balaban J connectivity index is 3.41. The Morgan fingerprint density at radius 3 is 1.95 bits per heavy atom. The van der Waals surface area contributed by atoms with Gasteiger partial charge < -0.3 is 4.90 Å². The predicted octanol–water partition coefficient (Wildman–Crippen LogP) is 4.59. The van der Waals surface area contributed by atoms with Gasteiger partial charge in [0, 0.05) is 32.4 Å². The van der Waals surface area contributed by atoms with Gasteiger partial charge in [-0.2, -0.15) is 0 Å². The molecular weight excluding hydrogens is 262 g/mol. The van der Waals surface area contributed by atoms with Gasteiger partial charge in [-0.1, -0.05) is 46.5 Å². The number of carbonyl (C=O) groups is 2. The molecule has 1 atom stereocenters. The number of carbonyl (C=O) groups excluding carboxylic acids is 2. The van der Waals surface area contributed by atoms with Gasteiger partial charge in [-0.05, 0) is 25.7 Å². The molecule has 3 heteroatoms. The van der Waals surface area contributed by atoms with Crippen LogP contribution in [0.4, 0.5) is 0 Å². The fraction of sp³-hybridized carbons (Fsp3) is 0.889. The van der Waals surface area contributed by atoms with Gasteiger partial charge in [-0.25, -0.2) is 0 Å². The Labute approximate surface area is 131 Å². The number of unbranched alkanes of at least 4 members (excludes halogenated alkanes) is 5. The topological polar surface area (TPSA) is 37.4 Å². The van der Waals surface area contributed by atoms with Crippen molar-refractivity contribution in [1.82, 2.24) is 4.90 Å². The highest BCUT2D eigenvalue weighted by Crippen LogP contribution is 2.12. The van der Waals surface area contributed by atoms with Gasteiger partial charge in [0.15, 0.2) is 0 Å². The van der Waals surface area contributed by atoms with Crippen molar-refractivity contribution in [2.45, 2.75) is 85.0 Å². The molecule has 0 radical (unpaired) electrons. The van der Waals surface area contributed by atoms with Crippen LogP contribution in [0.15, 0.2) is 0 Å². The zero-order valence-electron chi connectivity index (χ0n) is 14.6. The average molecular weight is 297 g/mol. The quantitative estimate of drug-likeness (QED) is 0.466. The molecule has 0 aromatic heterocycles. The Hall–Kier alpha value is -0.860. The number of amides is 1. The summed E-state index contributed by atoms with van der Waals surface area (Å²) in [5, 5.41) is 0. The van der Waals surface area contributed by atoms with E-state index in [2.05, 4.69) is 13.8 Å². The summed E-state index contributed by atoms with van der Waals surface area (Å²) in [7, 11) is 1.89. The molecule has 1 amide bonds. The summed E-state index contributed by atoms with van der Waals surface area (Å²) in [6.07, 6.45) is 10.1.